The van der Waals surface area contributed by atoms with Crippen molar-refractivity contribution in [2.24, 2.45) is 17.8 Å². The first kappa shape index (κ1) is 33.0. The van der Waals surface area contributed by atoms with Crippen LogP contribution in [0.5, 0.6) is 5.75 Å². The fraction of sp³-hybridized carbons (Fsp3) is 0.371. The molecule has 2 aliphatic heterocycles. The summed E-state index contributed by atoms with van der Waals surface area (Å²) in [5.74, 6) is -0.703. The number of benzene rings is 2. The first-order valence-corrected chi connectivity index (χ1v) is 16.2. The average Bonchev–Trinajstić information content (AvgIpc) is 3.63. The van der Waals surface area contributed by atoms with Gasteiger partial charge in [0.2, 0.25) is 11.8 Å². The molecule has 3 heterocycles. The predicted octanol–water partition coefficient (Wildman–Crippen LogP) is 3.50. The summed E-state index contributed by atoms with van der Waals surface area (Å²) >= 11 is 0. The van der Waals surface area contributed by atoms with Gasteiger partial charge < -0.3 is 34.0 Å². The fourth-order valence-corrected chi connectivity index (χ4v) is 7.33. The summed E-state index contributed by atoms with van der Waals surface area (Å²) in [6.07, 6.45) is 4.87. The number of ether oxygens (including phenoxy) is 1. The second kappa shape index (κ2) is 14.5. The summed E-state index contributed by atoms with van der Waals surface area (Å²) in [5, 5.41) is 39.9. The van der Waals surface area contributed by atoms with Crippen molar-refractivity contribution in [1.82, 2.24) is 0 Å². The monoisotopic (exact) mass is 639 g/mol. The molecule has 0 unspecified atom stereocenters. The van der Waals surface area contributed by atoms with Gasteiger partial charge in [-0.25, -0.2) is 0 Å². The molecule has 4 N–H and O–H groups in total. The van der Waals surface area contributed by atoms with Gasteiger partial charge in [0, 0.05) is 0 Å². The van der Waals surface area contributed by atoms with Crippen LogP contribution >= 0.6 is 0 Å². The number of hydrogen-bond donors (Lipinski definition) is 4. The highest BCUT2D eigenvalue weighted by atomic mass is 16.5. The molecule has 2 fully saturated rings. The van der Waals surface area contributed by atoms with Gasteiger partial charge in [0.15, 0.2) is 0 Å². The molecular weight excluding hydrogens is 600 g/mol. The molecule has 2 saturated heterocycles. The van der Waals surface area contributed by atoms with Gasteiger partial charge in [0.1, 0.15) is 30.5 Å². The Bertz CT molecular complexity index is 1650. The summed E-state index contributed by atoms with van der Waals surface area (Å²) in [5.41, 5.74) is 3.38. The minimum atomic E-state index is -1.75. The summed E-state index contributed by atoms with van der Waals surface area (Å²) in [4.78, 5) is 29.3. The van der Waals surface area contributed by atoms with E-state index in [4.69, 9.17) is 13.8 Å². The van der Waals surface area contributed by atoms with E-state index in [9.17, 15) is 29.8 Å². The molecule has 0 saturated carbocycles. The minimum Gasteiger partial charge on any atom is -0.489 e. The van der Waals surface area contributed by atoms with E-state index in [0.29, 0.717) is 36.5 Å². The Balaban J connectivity index is 1.33. The zero-order chi connectivity index (χ0) is 33.1. The lowest BCUT2D eigenvalue weighted by Gasteiger charge is -2.43. The van der Waals surface area contributed by atoms with Gasteiger partial charge in [-0.05, 0) is 97.0 Å². The van der Waals surface area contributed by atoms with Crippen LogP contribution in [0.15, 0.2) is 87.9 Å². The van der Waals surface area contributed by atoms with Crippen LogP contribution in [0.2, 0.25) is 6.32 Å². The SMILES string of the molecule is CCC/C(=C\c1ccc(CO)o1)CC[C@H]1OB(O)C[C@H]2C1=C(COc1ccccc1)C[C@H]1C(=O)N(c3cccc(B(O)O)c3)C(=O)[C@H]12. The number of carbonyl (C=O) groups excluding carboxylic acids is 2. The van der Waals surface area contributed by atoms with Gasteiger partial charge in [-0.3, -0.25) is 14.5 Å². The maximum absolute atomic E-state index is 14.1. The van der Waals surface area contributed by atoms with Crippen LogP contribution in [0.4, 0.5) is 5.69 Å². The number of allylic oxidation sites excluding steroid dienone is 1. The Morgan fingerprint density at radius 2 is 1.85 bits per heavy atom. The molecule has 1 aromatic heterocycles. The zero-order valence-electron chi connectivity index (χ0n) is 26.3. The number of rotatable bonds is 12. The number of amides is 2. The van der Waals surface area contributed by atoms with Crippen LogP contribution < -0.4 is 15.1 Å². The summed E-state index contributed by atoms with van der Waals surface area (Å²) in [7, 11) is -2.87. The zero-order valence-corrected chi connectivity index (χ0v) is 26.3. The lowest BCUT2D eigenvalue weighted by atomic mass is 9.58. The van der Waals surface area contributed by atoms with Crippen molar-refractivity contribution in [3.63, 3.8) is 0 Å². The number of para-hydroxylation sites is 1. The maximum atomic E-state index is 14.1. The van der Waals surface area contributed by atoms with Crippen molar-refractivity contribution in [3.8, 4) is 5.75 Å². The maximum Gasteiger partial charge on any atom is 0.488 e. The Labute approximate surface area is 274 Å². The first-order chi connectivity index (χ1) is 22.8. The molecule has 1 aliphatic carbocycles. The number of nitrogens with zero attached hydrogens (tertiary/aromatic N) is 1. The van der Waals surface area contributed by atoms with E-state index < -0.39 is 38.1 Å². The van der Waals surface area contributed by atoms with E-state index in [1.165, 1.54) is 12.1 Å². The van der Waals surface area contributed by atoms with E-state index >= 15 is 0 Å². The van der Waals surface area contributed by atoms with Crippen molar-refractivity contribution in [2.75, 3.05) is 11.5 Å². The van der Waals surface area contributed by atoms with E-state index in [1.807, 2.05) is 42.5 Å². The largest absolute Gasteiger partial charge is 0.489 e. The van der Waals surface area contributed by atoms with Gasteiger partial charge in [-0.1, -0.05) is 49.2 Å². The first-order valence-electron chi connectivity index (χ1n) is 16.2. The Hall–Kier alpha value is -3.93. The van der Waals surface area contributed by atoms with Gasteiger partial charge in [-0.2, -0.15) is 0 Å². The quantitative estimate of drug-likeness (QED) is 0.133. The molecule has 244 valence electrons. The Morgan fingerprint density at radius 3 is 2.57 bits per heavy atom. The smallest absolute Gasteiger partial charge is 0.488 e. The van der Waals surface area contributed by atoms with Gasteiger partial charge >= 0.3 is 14.2 Å². The third-order valence-corrected chi connectivity index (χ3v) is 9.37. The van der Waals surface area contributed by atoms with E-state index in [0.717, 1.165) is 34.5 Å². The number of aliphatic hydroxyl groups excluding tert-OH is 1. The highest BCUT2D eigenvalue weighted by molar-refractivity contribution is 6.58. The normalized spacial score (nSPS) is 22.9. The van der Waals surface area contributed by atoms with Crippen LogP contribution in [0.25, 0.3) is 6.08 Å². The van der Waals surface area contributed by atoms with Crippen LogP contribution in [0, 0.1) is 17.8 Å². The number of furan rings is 1. The molecule has 12 heteroatoms. The third-order valence-electron chi connectivity index (χ3n) is 9.37. The Morgan fingerprint density at radius 1 is 1.04 bits per heavy atom. The second-order valence-corrected chi connectivity index (χ2v) is 12.5. The highest BCUT2D eigenvalue weighted by Crippen LogP contribution is 2.51. The van der Waals surface area contributed by atoms with Crippen LogP contribution in [0.3, 0.4) is 0 Å². The number of carbonyl (C=O) groups is 2. The Kier molecular flexibility index (Phi) is 10.1. The number of anilines is 1. The molecule has 6 rings (SSSR count). The van der Waals surface area contributed by atoms with Gasteiger partial charge in [0.25, 0.3) is 0 Å². The van der Waals surface area contributed by atoms with Gasteiger partial charge in [-0.15, -0.1) is 0 Å². The summed E-state index contributed by atoms with van der Waals surface area (Å²) in [6, 6.07) is 19.1. The van der Waals surface area contributed by atoms with Crippen molar-refractivity contribution >= 4 is 43.3 Å². The lowest BCUT2D eigenvalue weighted by molar-refractivity contribution is -0.122. The van der Waals surface area contributed by atoms with Crippen molar-refractivity contribution < 1.29 is 43.6 Å². The molecule has 0 spiro atoms. The number of aliphatic hydroxyl groups is 1. The fourth-order valence-electron chi connectivity index (χ4n) is 7.33. The number of imide groups is 1. The van der Waals surface area contributed by atoms with Gasteiger partial charge in [0.05, 0.1) is 23.6 Å². The molecule has 47 heavy (non-hydrogen) atoms. The average molecular weight is 639 g/mol. The van der Waals surface area contributed by atoms with E-state index in [1.54, 1.807) is 18.2 Å². The second-order valence-electron chi connectivity index (χ2n) is 12.5. The van der Waals surface area contributed by atoms with Crippen molar-refractivity contribution in [3.05, 3.63) is 95.0 Å². The molecule has 3 aromatic rings. The molecule has 4 atom stereocenters. The van der Waals surface area contributed by atoms with Crippen molar-refractivity contribution in [2.45, 2.75) is 58.1 Å². The lowest BCUT2D eigenvalue weighted by Crippen LogP contribution is -2.46. The van der Waals surface area contributed by atoms with E-state index in [-0.39, 0.29) is 42.5 Å². The minimum absolute atomic E-state index is 0.165. The van der Waals surface area contributed by atoms with Crippen molar-refractivity contribution in [1.29, 1.82) is 0 Å². The molecule has 3 aliphatic rings. The third kappa shape index (κ3) is 7.02. The molecule has 2 amide bonds. The summed E-state index contributed by atoms with van der Waals surface area (Å²) < 4.78 is 18.1. The number of hydrogen-bond acceptors (Lipinski definition) is 9. The van der Waals surface area contributed by atoms with Crippen LogP contribution in [-0.4, -0.2) is 58.9 Å². The van der Waals surface area contributed by atoms with E-state index in [2.05, 4.69) is 6.92 Å². The highest BCUT2D eigenvalue weighted by Gasteiger charge is 2.57. The topological polar surface area (TPSA) is 150 Å². The number of fused-ring (bicyclic) bond motifs is 3. The molecular formula is C35H39B2NO9. The summed E-state index contributed by atoms with van der Waals surface area (Å²) in [6.45, 7) is 2.13. The molecule has 2 aromatic carbocycles. The predicted molar refractivity (Wildman–Crippen MR) is 177 cm³/mol. The van der Waals surface area contributed by atoms with Crippen LogP contribution in [-0.2, 0) is 20.9 Å². The van der Waals surface area contributed by atoms with Crippen LogP contribution in [0.1, 0.15) is 50.5 Å². The molecule has 10 nitrogen and oxygen atoms in total. The molecule has 0 radical (unpaired) electrons. The standard InChI is InChI=1S/C35H39B2NO9/c1-2-7-22(16-27-13-14-28(20-39)46-27)12-15-31-32-23(21-45-26-10-4-3-5-11-26)17-29-33(30(32)19-36(42)47-31)35(41)38(34(29)40)25-9-6-8-24(18-25)37(43)44/h3-6,8-11,13-14,16,18,29-31,33,39,42-44H,2,7,12,15,17,19-21H2,1H3/b22-16+/t29-,30+,31-,33-/m1/s1. The molecule has 0 bridgehead atoms.